The Morgan fingerprint density at radius 1 is 1.12 bits per heavy atom. The summed E-state index contributed by atoms with van der Waals surface area (Å²) in [4.78, 5) is 2.13. The number of hydrogen-bond acceptors (Lipinski definition) is 2. The molecule has 2 N–H and O–H groups in total. The third kappa shape index (κ3) is 1.48. The lowest BCUT2D eigenvalue weighted by molar-refractivity contribution is -0.650. The molecular weight excluding hydrogens is 198 g/mol. The molecule has 84 valence electrons. The molecule has 1 aromatic carbocycles. The fourth-order valence-corrected chi connectivity index (χ4v) is 2.08. The normalized spacial score (nSPS) is 10.8. The number of nitrogens with two attached hydrogens (primary N) is 1. The first-order valence-electron chi connectivity index (χ1n) is 5.39. The molecule has 1 aromatic heterocycles. The van der Waals surface area contributed by atoms with E-state index >= 15 is 0 Å². The molecule has 0 aliphatic carbocycles. The van der Waals surface area contributed by atoms with Crippen LogP contribution in [0.25, 0.3) is 10.8 Å². The van der Waals surface area contributed by atoms with Crippen LogP contribution >= 0.6 is 0 Å². The van der Waals surface area contributed by atoms with Gasteiger partial charge >= 0.3 is 0 Å². The van der Waals surface area contributed by atoms with Crippen LogP contribution in [0.15, 0.2) is 24.3 Å². The van der Waals surface area contributed by atoms with Crippen LogP contribution in [0.4, 0.5) is 5.69 Å². The van der Waals surface area contributed by atoms with Gasteiger partial charge in [0.05, 0.1) is 5.39 Å². The van der Waals surface area contributed by atoms with E-state index in [1.54, 1.807) is 4.68 Å². The van der Waals surface area contributed by atoms with Crippen molar-refractivity contribution in [2.45, 2.75) is 13.8 Å². The van der Waals surface area contributed by atoms with E-state index in [-0.39, 0.29) is 0 Å². The smallest absolute Gasteiger partial charge is 0.216 e. The first-order chi connectivity index (χ1) is 7.52. The van der Waals surface area contributed by atoms with Crippen molar-refractivity contribution >= 4 is 16.5 Å². The zero-order chi connectivity index (χ0) is 11.9. The Morgan fingerprint density at radius 2 is 1.81 bits per heavy atom. The number of nitrogen functional groups attached to an aromatic ring is 1. The standard InChI is InChI=1S/C13H18N3/c1-9-8-12-11(10(2)16(9)14)6-5-7-13(12)15(3)4/h5-8H,14H2,1-4H3/q+1. The molecule has 0 saturated heterocycles. The lowest BCUT2D eigenvalue weighted by Gasteiger charge is -2.15. The molecule has 2 rings (SSSR count). The maximum atomic E-state index is 5.98. The van der Waals surface area contributed by atoms with Gasteiger partial charge in [-0.2, -0.15) is 0 Å². The van der Waals surface area contributed by atoms with Crippen molar-refractivity contribution in [1.82, 2.24) is 0 Å². The molecule has 0 spiro atoms. The number of pyridine rings is 1. The van der Waals surface area contributed by atoms with E-state index < -0.39 is 0 Å². The lowest BCUT2D eigenvalue weighted by atomic mass is 10.1. The van der Waals surface area contributed by atoms with Crippen molar-refractivity contribution in [3.8, 4) is 0 Å². The molecule has 0 radical (unpaired) electrons. The Balaban J connectivity index is 2.89. The molecule has 3 nitrogen and oxygen atoms in total. The minimum absolute atomic E-state index is 1.07. The third-order valence-corrected chi connectivity index (χ3v) is 3.05. The Hall–Kier alpha value is -1.77. The minimum atomic E-state index is 1.07. The molecule has 16 heavy (non-hydrogen) atoms. The van der Waals surface area contributed by atoms with E-state index in [0.717, 1.165) is 11.4 Å². The van der Waals surface area contributed by atoms with Gasteiger partial charge in [0.25, 0.3) is 0 Å². The topological polar surface area (TPSA) is 33.1 Å². The molecule has 0 unspecified atom stereocenters. The van der Waals surface area contributed by atoms with Gasteiger partial charge in [-0.15, -0.1) is 0 Å². The van der Waals surface area contributed by atoms with Crippen LogP contribution in [-0.4, -0.2) is 14.1 Å². The third-order valence-electron chi connectivity index (χ3n) is 3.05. The van der Waals surface area contributed by atoms with Gasteiger partial charge in [-0.05, 0) is 12.1 Å². The number of nitrogens with zero attached hydrogens (tertiary/aromatic N) is 2. The van der Waals surface area contributed by atoms with E-state index in [1.165, 1.54) is 16.5 Å². The molecular formula is C13H18N3+. The van der Waals surface area contributed by atoms with E-state index in [0.29, 0.717) is 0 Å². The Labute approximate surface area is 96.1 Å². The lowest BCUT2D eigenvalue weighted by Crippen LogP contribution is -2.50. The Kier molecular flexibility index (Phi) is 2.46. The molecule has 0 saturated carbocycles. The summed E-state index contributed by atoms with van der Waals surface area (Å²) in [5.41, 5.74) is 3.39. The molecule has 0 aliphatic heterocycles. The average molecular weight is 216 g/mol. The van der Waals surface area contributed by atoms with E-state index in [9.17, 15) is 0 Å². The highest BCUT2D eigenvalue weighted by atomic mass is 15.3. The second-order valence-corrected chi connectivity index (χ2v) is 4.37. The summed E-state index contributed by atoms with van der Waals surface area (Å²) in [6.07, 6.45) is 0. The first kappa shape index (κ1) is 10.7. The van der Waals surface area contributed by atoms with Crippen LogP contribution in [0, 0.1) is 13.8 Å². The van der Waals surface area contributed by atoms with Gasteiger partial charge in [-0.1, -0.05) is 10.7 Å². The van der Waals surface area contributed by atoms with E-state index in [4.69, 9.17) is 5.84 Å². The van der Waals surface area contributed by atoms with Crippen molar-refractivity contribution in [2.75, 3.05) is 24.8 Å². The van der Waals surface area contributed by atoms with Crippen LogP contribution in [0.3, 0.4) is 0 Å². The number of aryl methyl sites for hydroxylation is 2. The van der Waals surface area contributed by atoms with Gasteiger partial charge < -0.3 is 4.90 Å². The molecule has 0 fully saturated rings. The van der Waals surface area contributed by atoms with Crippen LogP contribution in [0.1, 0.15) is 11.4 Å². The zero-order valence-corrected chi connectivity index (χ0v) is 10.3. The van der Waals surface area contributed by atoms with Crippen molar-refractivity contribution in [1.29, 1.82) is 0 Å². The number of rotatable bonds is 1. The SMILES string of the molecule is Cc1cc2c(N(C)C)cccc2c(C)[n+]1N. The number of anilines is 1. The number of fused-ring (bicyclic) bond motifs is 1. The molecule has 0 amide bonds. The van der Waals surface area contributed by atoms with Crippen molar-refractivity contribution in [3.05, 3.63) is 35.7 Å². The summed E-state index contributed by atoms with van der Waals surface area (Å²) < 4.78 is 1.74. The monoisotopic (exact) mass is 216 g/mol. The summed E-state index contributed by atoms with van der Waals surface area (Å²) >= 11 is 0. The number of aromatic nitrogens is 1. The predicted octanol–water partition coefficient (Wildman–Crippen LogP) is 1.52. The Morgan fingerprint density at radius 3 is 2.44 bits per heavy atom. The summed E-state index contributed by atoms with van der Waals surface area (Å²) in [5.74, 6) is 5.98. The summed E-state index contributed by atoms with van der Waals surface area (Å²) in [6, 6.07) is 8.44. The molecule has 0 aliphatic rings. The van der Waals surface area contributed by atoms with Gasteiger partial charge in [-0.25, -0.2) is 5.84 Å². The largest absolute Gasteiger partial charge is 0.377 e. The van der Waals surface area contributed by atoms with Gasteiger partial charge in [0.1, 0.15) is 0 Å². The van der Waals surface area contributed by atoms with Crippen LogP contribution in [0.5, 0.6) is 0 Å². The summed E-state index contributed by atoms with van der Waals surface area (Å²) in [6.45, 7) is 4.08. The van der Waals surface area contributed by atoms with Gasteiger partial charge in [0.2, 0.25) is 11.4 Å². The highest BCUT2D eigenvalue weighted by Crippen LogP contribution is 2.26. The maximum absolute atomic E-state index is 5.98. The van der Waals surface area contributed by atoms with Crippen LogP contribution in [-0.2, 0) is 0 Å². The molecule has 0 atom stereocenters. The first-order valence-corrected chi connectivity index (χ1v) is 5.39. The second-order valence-electron chi connectivity index (χ2n) is 4.37. The van der Waals surface area contributed by atoms with Crippen molar-refractivity contribution < 1.29 is 4.68 Å². The summed E-state index contributed by atoms with van der Waals surface area (Å²) in [7, 11) is 4.12. The van der Waals surface area contributed by atoms with E-state index in [1.807, 2.05) is 6.92 Å². The predicted molar refractivity (Wildman–Crippen MR) is 68.1 cm³/mol. The van der Waals surface area contributed by atoms with Gasteiger partial charge in [-0.3, -0.25) is 0 Å². The molecule has 1 heterocycles. The van der Waals surface area contributed by atoms with Crippen molar-refractivity contribution in [3.63, 3.8) is 0 Å². The van der Waals surface area contributed by atoms with Crippen LogP contribution < -0.4 is 15.4 Å². The zero-order valence-electron chi connectivity index (χ0n) is 10.3. The van der Waals surface area contributed by atoms with Gasteiger partial charge in [0, 0.05) is 45.1 Å². The Bertz CT molecular complexity index is 544. The molecule has 2 aromatic rings. The highest BCUT2D eigenvalue weighted by Gasteiger charge is 2.14. The number of benzene rings is 1. The summed E-state index contributed by atoms with van der Waals surface area (Å²) in [5, 5.41) is 2.46. The van der Waals surface area contributed by atoms with Crippen LogP contribution in [0.2, 0.25) is 0 Å². The van der Waals surface area contributed by atoms with Crippen molar-refractivity contribution in [2.24, 2.45) is 0 Å². The fraction of sp³-hybridized carbons (Fsp3) is 0.308. The maximum Gasteiger partial charge on any atom is 0.216 e. The fourth-order valence-electron chi connectivity index (χ4n) is 2.08. The second kappa shape index (κ2) is 3.67. The van der Waals surface area contributed by atoms with Gasteiger partial charge in [0.15, 0.2) is 0 Å². The minimum Gasteiger partial charge on any atom is -0.377 e. The highest BCUT2D eigenvalue weighted by molar-refractivity contribution is 5.95. The quantitative estimate of drug-likeness (QED) is 0.579. The average Bonchev–Trinajstić information content (AvgIpc) is 2.25. The molecule has 3 heteroatoms. The molecule has 0 bridgehead atoms. The van der Waals surface area contributed by atoms with E-state index in [2.05, 4.69) is 50.2 Å². The number of hydrogen-bond donors (Lipinski definition) is 1.